The van der Waals surface area contributed by atoms with Crippen LogP contribution in [-0.4, -0.2) is 37.6 Å². The fourth-order valence-electron chi connectivity index (χ4n) is 5.40. The Kier molecular flexibility index (Phi) is 4.95. The molecule has 154 valence electrons. The highest BCUT2D eigenvalue weighted by molar-refractivity contribution is 6.07. The number of piperidine rings is 1. The van der Waals surface area contributed by atoms with Crippen LogP contribution >= 0.6 is 0 Å². The van der Waals surface area contributed by atoms with E-state index in [4.69, 9.17) is 9.47 Å². The molecule has 2 unspecified atom stereocenters. The van der Waals surface area contributed by atoms with Crippen molar-refractivity contribution in [3.63, 3.8) is 0 Å². The number of hydrogen-bond acceptors (Lipinski definition) is 3. The molecule has 1 aliphatic heterocycles. The minimum Gasteiger partial charge on any atom is -0.497 e. The van der Waals surface area contributed by atoms with Crippen molar-refractivity contribution in [3.05, 3.63) is 77.4 Å². The number of carbonyl (C=O) groups excluding carboxylic acids is 1. The van der Waals surface area contributed by atoms with E-state index in [0.717, 1.165) is 47.9 Å². The van der Waals surface area contributed by atoms with Crippen LogP contribution in [0.5, 0.6) is 5.75 Å². The fraction of sp³-hybridized carbons (Fsp3) is 0.346. The maximum atomic E-state index is 13.7. The van der Waals surface area contributed by atoms with E-state index in [-0.39, 0.29) is 18.1 Å². The molecule has 1 heterocycles. The Morgan fingerprint density at radius 1 is 1.00 bits per heavy atom. The van der Waals surface area contributed by atoms with Gasteiger partial charge in [-0.25, -0.2) is 0 Å². The van der Waals surface area contributed by atoms with Crippen molar-refractivity contribution in [3.8, 4) is 5.75 Å². The Labute approximate surface area is 177 Å². The third-order valence-corrected chi connectivity index (χ3v) is 6.84. The summed E-state index contributed by atoms with van der Waals surface area (Å²) < 4.78 is 11.3. The first-order valence-electron chi connectivity index (χ1n) is 10.7. The summed E-state index contributed by atoms with van der Waals surface area (Å²) in [6.07, 6.45) is 2.90. The van der Waals surface area contributed by atoms with Gasteiger partial charge in [0.15, 0.2) is 0 Å². The van der Waals surface area contributed by atoms with Crippen molar-refractivity contribution in [2.24, 2.45) is 0 Å². The molecule has 3 aromatic rings. The van der Waals surface area contributed by atoms with Crippen molar-refractivity contribution in [2.45, 2.75) is 37.3 Å². The quantitative estimate of drug-likeness (QED) is 0.596. The molecule has 0 bridgehead atoms. The van der Waals surface area contributed by atoms with E-state index in [0.29, 0.717) is 5.92 Å². The van der Waals surface area contributed by atoms with Gasteiger partial charge in [-0.1, -0.05) is 42.5 Å². The SMILES string of the molecule is COc1ccc2c(c1)C(OC)C[C@@H]1C2CCCN1C(=O)c1cccc2ccccc12. The van der Waals surface area contributed by atoms with Crippen molar-refractivity contribution in [1.29, 1.82) is 0 Å². The third-order valence-electron chi connectivity index (χ3n) is 6.84. The van der Waals surface area contributed by atoms with Crippen molar-refractivity contribution in [1.82, 2.24) is 4.90 Å². The van der Waals surface area contributed by atoms with Gasteiger partial charge in [0.05, 0.1) is 13.2 Å². The van der Waals surface area contributed by atoms with Crippen LogP contribution in [0.3, 0.4) is 0 Å². The number of ether oxygens (including phenoxy) is 2. The van der Waals surface area contributed by atoms with E-state index in [1.54, 1.807) is 14.2 Å². The zero-order valence-electron chi connectivity index (χ0n) is 17.5. The van der Waals surface area contributed by atoms with Gasteiger partial charge < -0.3 is 14.4 Å². The van der Waals surface area contributed by atoms with Crippen LogP contribution in [0.2, 0.25) is 0 Å². The number of nitrogens with zero attached hydrogens (tertiary/aromatic N) is 1. The van der Waals surface area contributed by atoms with Crippen LogP contribution in [0.25, 0.3) is 10.8 Å². The van der Waals surface area contributed by atoms with Gasteiger partial charge in [0.2, 0.25) is 0 Å². The molecular weight excluding hydrogens is 374 g/mol. The molecule has 1 aliphatic carbocycles. The van der Waals surface area contributed by atoms with Crippen LogP contribution in [0.1, 0.15) is 52.8 Å². The molecule has 1 saturated heterocycles. The molecule has 1 amide bonds. The van der Waals surface area contributed by atoms with E-state index in [9.17, 15) is 4.79 Å². The number of amides is 1. The fourth-order valence-corrected chi connectivity index (χ4v) is 5.40. The molecule has 5 rings (SSSR count). The minimum atomic E-state index is -0.0303. The average molecular weight is 402 g/mol. The molecule has 0 radical (unpaired) electrons. The number of fused-ring (bicyclic) bond motifs is 4. The molecule has 0 saturated carbocycles. The van der Waals surface area contributed by atoms with Gasteiger partial charge in [0.1, 0.15) is 5.75 Å². The highest BCUT2D eigenvalue weighted by Gasteiger charge is 2.42. The van der Waals surface area contributed by atoms with Crippen LogP contribution < -0.4 is 4.74 Å². The first-order chi connectivity index (χ1) is 14.7. The molecule has 0 spiro atoms. The van der Waals surface area contributed by atoms with Gasteiger partial charge in [-0.15, -0.1) is 0 Å². The Bertz CT molecular complexity index is 1090. The molecule has 0 aromatic heterocycles. The summed E-state index contributed by atoms with van der Waals surface area (Å²) in [4.78, 5) is 15.8. The lowest BCUT2D eigenvalue weighted by atomic mass is 9.73. The lowest BCUT2D eigenvalue weighted by Crippen LogP contribution is -2.50. The predicted molar refractivity (Wildman–Crippen MR) is 118 cm³/mol. The summed E-state index contributed by atoms with van der Waals surface area (Å²) >= 11 is 0. The lowest BCUT2D eigenvalue weighted by Gasteiger charge is -2.47. The number of hydrogen-bond donors (Lipinski definition) is 0. The molecule has 3 atom stereocenters. The average Bonchev–Trinajstić information content (AvgIpc) is 2.81. The number of likely N-dealkylation sites (tertiary alicyclic amines) is 1. The second-order valence-electron chi connectivity index (χ2n) is 8.30. The Morgan fingerprint density at radius 3 is 2.67 bits per heavy atom. The van der Waals surface area contributed by atoms with Crippen molar-refractivity contribution < 1.29 is 14.3 Å². The first kappa shape index (κ1) is 19.1. The Hall–Kier alpha value is -2.85. The number of carbonyl (C=O) groups is 1. The van der Waals surface area contributed by atoms with Gasteiger partial charge in [-0.3, -0.25) is 4.79 Å². The topological polar surface area (TPSA) is 38.8 Å². The maximum Gasteiger partial charge on any atom is 0.254 e. The molecule has 3 aromatic carbocycles. The van der Waals surface area contributed by atoms with Crippen LogP contribution in [0, 0.1) is 0 Å². The second kappa shape index (κ2) is 7.77. The van der Waals surface area contributed by atoms with Gasteiger partial charge in [0, 0.05) is 31.2 Å². The Morgan fingerprint density at radius 2 is 1.83 bits per heavy atom. The molecule has 1 fully saturated rings. The van der Waals surface area contributed by atoms with Gasteiger partial charge in [-0.2, -0.15) is 0 Å². The summed E-state index contributed by atoms with van der Waals surface area (Å²) in [7, 11) is 3.45. The van der Waals surface area contributed by atoms with E-state index in [2.05, 4.69) is 29.2 Å². The summed E-state index contributed by atoms with van der Waals surface area (Å²) in [5.41, 5.74) is 3.30. The standard InChI is InChI=1S/C26H27NO3/c1-29-18-12-13-20-21-11-6-14-27(24(21)16-25(30-2)23(20)15-18)26(28)22-10-5-8-17-7-3-4-9-19(17)22/h3-5,7-10,12-13,15,21,24-25H,6,11,14,16H2,1-2H3/t21?,24-,25?/m1/s1. The van der Waals surface area contributed by atoms with Crippen LogP contribution in [0.15, 0.2) is 60.7 Å². The highest BCUT2D eigenvalue weighted by atomic mass is 16.5. The highest BCUT2D eigenvalue weighted by Crippen LogP contribution is 2.47. The normalized spacial score (nSPS) is 23.0. The molecule has 4 nitrogen and oxygen atoms in total. The number of rotatable bonds is 3. The molecule has 30 heavy (non-hydrogen) atoms. The largest absolute Gasteiger partial charge is 0.497 e. The molecule has 0 N–H and O–H groups in total. The smallest absolute Gasteiger partial charge is 0.254 e. The first-order valence-corrected chi connectivity index (χ1v) is 10.7. The van der Waals surface area contributed by atoms with Crippen LogP contribution in [0.4, 0.5) is 0 Å². The van der Waals surface area contributed by atoms with Crippen molar-refractivity contribution in [2.75, 3.05) is 20.8 Å². The monoisotopic (exact) mass is 401 g/mol. The van der Waals surface area contributed by atoms with Crippen molar-refractivity contribution >= 4 is 16.7 Å². The summed E-state index contributed by atoms with van der Waals surface area (Å²) in [5, 5.41) is 2.13. The summed E-state index contributed by atoms with van der Waals surface area (Å²) in [6.45, 7) is 0.797. The lowest BCUT2D eigenvalue weighted by molar-refractivity contribution is 0.0218. The van der Waals surface area contributed by atoms with E-state index in [1.165, 1.54) is 11.1 Å². The van der Waals surface area contributed by atoms with Crippen LogP contribution in [-0.2, 0) is 4.74 Å². The third kappa shape index (κ3) is 3.07. The Balaban J connectivity index is 1.54. The zero-order chi connectivity index (χ0) is 20.7. The predicted octanol–water partition coefficient (Wildman–Crippen LogP) is 5.33. The molecule has 2 aliphatic rings. The molecule has 4 heteroatoms. The minimum absolute atomic E-state index is 0.0303. The summed E-state index contributed by atoms with van der Waals surface area (Å²) in [5.74, 6) is 1.33. The van der Waals surface area contributed by atoms with Gasteiger partial charge >= 0.3 is 0 Å². The second-order valence-corrected chi connectivity index (χ2v) is 8.30. The van der Waals surface area contributed by atoms with Gasteiger partial charge in [-0.05, 0) is 59.4 Å². The summed E-state index contributed by atoms with van der Waals surface area (Å²) in [6, 6.07) is 20.6. The number of methoxy groups -OCH3 is 2. The maximum absolute atomic E-state index is 13.7. The number of benzene rings is 3. The van der Waals surface area contributed by atoms with E-state index >= 15 is 0 Å². The molecular formula is C26H27NO3. The zero-order valence-corrected chi connectivity index (χ0v) is 17.5. The van der Waals surface area contributed by atoms with E-state index in [1.807, 2.05) is 36.4 Å². The van der Waals surface area contributed by atoms with E-state index < -0.39 is 0 Å². The van der Waals surface area contributed by atoms with Gasteiger partial charge in [0.25, 0.3) is 5.91 Å².